The molecule has 2 aromatic heterocycles. The largest absolute Gasteiger partial charge is 0.573 e. The normalized spacial score (nSPS) is 11.7. The first-order chi connectivity index (χ1) is 14.7. The minimum atomic E-state index is -4.81. The van der Waals surface area contributed by atoms with E-state index in [1.54, 1.807) is 35.7 Å². The molecule has 0 aliphatic heterocycles. The zero-order chi connectivity index (χ0) is 22.2. The van der Waals surface area contributed by atoms with Gasteiger partial charge in [-0.15, -0.1) is 13.2 Å². The number of halogens is 5. The van der Waals surface area contributed by atoms with Gasteiger partial charge < -0.3 is 9.47 Å². The van der Waals surface area contributed by atoms with Gasteiger partial charge >= 0.3 is 6.36 Å². The van der Waals surface area contributed by atoms with E-state index in [2.05, 4.69) is 9.72 Å². The topological polar surface area (TPSA) is 35.8 Å². The molecule has 0 N–H and O–H groups in total. The number of pyridine rings is 1. The fourth-order valence-electron chi connectivity index (χ4n) is 3.28. The van der Waals surface area contributed by atoms with Crippen molar-refractivity contribution >= 4 is 5.65 Å². The molecule has 0 aliphatic carbocycles. The van der Waals surface area contributed by atoms with Crippen molar-refractivity contribution in [2.45, 2.75) is 19.9 Å². The number of rotatable bonds is 5. The van der Waals surface area contributed by atoms with E-state index in [1.807, 2.05) is 0 Å². The summed E-state index contributed by atoms with van der Waals surface area (Å²) in [6, 6.07) is 12.3. The Balaban J connectivity index is 1.70. The van der Waals surface area contributed by atoms with Crippen molar-refractivity contribution in [1.82, 2.24) is 9.38 Å². The van der Waals surface area contributed by atoms with E-state index < -0.39 is 18.0 Å². The highest BCUT2D eigenvalue weighted by atomic mass is 19.4. The third-order valence-electron chi connectivity index (χ3n) is 4.56. The first-order valence-corrected chi connectivity index (χ1v) is 9.12. The molecule has 4 aromatic rings. The van der Waals surface area contributed by atoms with Crippen LogP contribution in [0.2, 0.25) is 0 Å². The van der Waals surface area contributed by atoms with Crippen LogP contribution in [0.15, 0.2) is 60.8 Å². The third kappa shape index (κ3) is 4.30. The van der Waals surface area contributed by atoms with E-state index in [1.165, 1.54) is 24.3 Å². The van der Waals surface area contributed by atoms with Gasteiger partial charge in [0.15, 0.2) is 11.4 Å². The lowest BCUT2D eigenvalue weighted by Gasteiger charge is -2.11. The molecular weight excluding hydrogens is 419 g/mol. The van der Waals surface area contributed by atoms with Crippen LogP contribution < -0.4 is 9.47 Å². The quantitative estimate of drug-likeness (QED) is 0.358. The Labute approximate surface area is 173 Å². The molecule has 160 valence electrons. The summed E-state index contributed by atoms with van der Waals surface area (Å²) in [5.74, 6) is -1.55. The molecule has 0 amide bonds. The van der Waals surface area contributed by atoms with Gasteiger partial charge in [0.05, 0.1) is 17.0 Å². The number of hydrogen-bond donors (Lipinski definition) is 0. The van der Waals surface area contributed by atoms with Crippen molar-refractivity contribution in [3.8, 4) is 22.8 Å². The van der Waals surface area contributed by atoms with Gasteiger partial charge in [-0.2, -0.15) is 0 Å². The predicted molar refractivity (Wildman–Crippen MR) is 103 cm³/mol. The Kier molecular flexibility index (Phi) is 5.26. The molecule has 0 spiro atoms. The lowest BCUT2D eigenvalue weighted by Crippen LogP contribution is -2.17. The molecule has 2 heterocycles. The van der Waals surface area contributed by atoms with Crippen LogP contribution >= 0.6 is 0 Å². The van der Waals surface area contributed by atoms with Gasteiger partial charge in [-0.25, -0.2) is 13.8 Å². The van der Waals surface area contributed by atoms with Gasteiger partial charge in [-0.05, 0) is 43.3 Å². The Hall–Kier alpha value is -3.62. The fourth-order valence-corrected chi connectivity index (χ4v) is 3.28. The van der Waals surface area contributed by atoms with Crippen LogP contribution in [0, 0.1) is 18.6 Å². The molecule has 0 bridgehead atoms. The molecule has 0 saturated carbocycles. The van der Waals surface area contributed by atoms with Crippen LogP contribution in [0.25, 0.3) is 16.9 Å². The van der Waals surface area contributed by atoms with Gasteiger partial charge in [0.2, 0.25) is 0 Å². The van der Waals surface area contributed by atoms with Crippen molar-refractivity contribution in [3.63, 3.8) is 0 Å². The number of nitrogens with zero attached hydrogens (tertiary/aromatic N) is 2. The average molecular weight is 434 g/mol. The Morgan fingerprint density at radius 3 is 2.39 bits per heavy atom. The number of hydrogen-bond acceptors (Lipinski definition) is 3. The van der Waals surface area contributed by atoms with Gasteiger partial charge in [0, 0.05) is 11.8 Å². The first-order valence-electron chi connectivity index (χ1n) is 9.12. The van der Waals surface area contributed by atoms with Gasteiger partial charge in [0.1, 0.15) is 24.0 Å². The summed E-state index contributed by atoms with van der Waals surface area (Å²) in [7, 11) is 0. The molecule has 4 nitrogen and oxygen atoms in total. The first kappa shape index (κ1) is 20.6. The van der Waals surface area contributed by atoms with E-state index in [0.29, 0.717) is 22.6 Å². The minimum absolute atomic E-state index is 0.218. The molecule has 4 rings (SSSR count). The standard InChI is InChI=1S/C22H15F5N2O2/c1-13-20(14-5-2-6-15(11-14)31-22(25,26)27)29-10-4-9-19(21(29)28-13)30-12-16-17(23)7-3-8-18(16)24/h2-11H,12H2,1H3. The summed E-state index contributed by atoms with van der Waals surface area (Å²) in [6.45, 7) is 1.34. The molecule has 0 atom stereocenters. The lowest BCUT2D eigenvalue weighted by molar-refractivity contribution is -0.274. The maximum absolute atomic E-state index is 13.9. The van der Waals surface area contributed by atoms with Crippen LogP contribution in [0.1, 0.15) is 11.3 Å². The number of aromatic nitrogens is 2. The zero-order valence-electron chi connectivity index (χ0n) is 16.1. The number of fused-ring (bicyclic) bond motifs is 1. The van der Waals surface area contributed by atoms with Crippen molar-refractivity contribution in [2.24, 2.45) is 0 Å². The molecule has 0 unspecified atom stereocenters. The second kappa shape index (κ2) is 7.90. The van der Waals surface area contributed by atoms with E-state index in [4.69, 9.17) is 4.74 Å². The number of aryl methyl sites for hydroxylation is 1. The summed E-state index contributed by atoms with van der Waals surface area (Å²) in [5.41, 5.74) is 1.64. The maximum Gasteiger partial charge on any atom is 0.573 e. The molecule has 2 aromatic carbocycles. The smallest absolute Gasteiger partial charge is 0.485 e. The summed E-state index contributed by atoms with van der Waals surface area (Å²) >= 11 is 0. The van der Waals surface area contributed by atoms with E-state index in [0.717, 1.165) is 12.1 Å². The lowest BCUT2D eigenvalue weighted by atomic mass is 10.1. The van der Waals surface area contributed by atoms with Crippen molar-refractivity contribution in [1.29, 1.82) is 0 Å². The van der Waals surface area contributed by atoms with Crippen molar-refractivity contribution in [3.05, 3.63) is 83.7 Å². The Morgan fingerprint density at radius 1 is 0.968 bits per heavy atom. The van der Waals surface area contributed by atoms with Crippen LogP contribution in [0.3, 0.4) is 0 Å². The molecule has 0 radical (unpaired) electrons. The summed E-state index contributed by atoms with van der Waals surface area (Å²) in [4.78, 5) is 4.44. The second-order valence-corrected chi connectivity index (χ2v) is 6.68. The summed E-state index contributed by atoms with van der Waals surface area (Å²) in [6.07, 6.45) is -3.14. The van der Waals surface area contributed by atoms with E-state index in [9.17, 15) is 22.0 Å². The highest BCUT2D eigenvalue weighted by molar-refractivity contribution is 5.71. The highest BCUT2D eigenvalue weighted by Gasteiger charge is 2.31. The SMILES string of the molecule is Cc1nc2c(OCc3c(F)cccc3F)cccn2c1-c1cccc(OC(F)(F)F)c1. The number of imidazole rings is 1. The third-order valence-corrected chi connectivity index (χ3v) is 4.56. The summed E-state index contributed by atoms with van der Waals surface area (Å²) < 4.78 is 76.7. The van der Waals surface area contributed by atoms with Crippen LogP contribution in [0.4, 0.5) is 22.0 Å². The molecule has 9 heteroatoms. The molecule has 0 saturated heterocycles. The number of ether oxygens (including phenoxy) is 2. The van der Waals surface area contributed by atoms with E-state index in [-0.39, 0.29) is 23.7 Å². The Bertz CT molecular complexity index is 1230. The van der Waals surface area contributed by atoms with Crippen molar-refractivity contribution in [2.75, 3.05) is 0 Å². The maximum atomic E-state index is 13.9. The highest BCUT2D eigenvalue weighted by Crippen LogP contribution is 2.32. The summed E-state index contributed by atoms with van der Waals surface area (Å²) in [5, 5.41) is 0. The van der Waals surface area contributed by atoms with Crippen LogP contribution in [0.5, 0.6) is 11.5 Å². The monoisotopic (exact) mass is 434 g/mol. The van der Waals surface area contributed by atoms with Gasteiger partial charge in [0.25, 0.3) is 0 Å². The molecule has 0 fully saturated rings. The molecule has 0 aliphatic rings. The van der Waals surface area contributed by atoms with Crippen molar-refractivity contribution < 1.29 is 31.4 Å². The number of alkyl halides is 3. The average Bonchev–Trinajstić information content (AvgIpc) is 3.03. The van der Waals surface area contributed by atoms with Crippen LogP contribution in [-0.4, -0.2) is 15.7 Å². The molecular formula is C22H15F5N2O2. The second-order valence-electron chi connectivity index (χ2n) is 6.68. The Morgan fingerprint density at radius 2 is 1.68 bits per heavy atom. The molecule has 31 heavy (non-hydrogen) atoms. The fraction of sp³-hybridized carbons (Fsp3) is 0.136. The zero-order valence-corrected chi connectivity index (χ0v) is 16.1. The predicted octanol–water partition coefficient (Wildman–Crippen LogP) is 6.07. The minimum Gasteiger partial charge on any atom is -0.485 e. The van der Waals surface area contributed by atoms with Gasteiger partial charge in [-0.1, -0.05) is 18.2 Å². The van der Waals surface area contributed by atoms with Gasteiger partial charge in [-0.3, -0.25) is 4.40 Å². The number of benzene rings is 2. The van der Waals surface area contributed by atoms with E-state index >= 15 is 0 Å². The van der Waals surface area contributed by atoms with Crippen LogP contribution in [-0.2, 0) is 6.61 Å².